The largest absolute Gasteiger partial charge is 0.445 e. The number of carbonyl (C=O) groups excluding carboxylic acids is 2. The highest BCUT2D eigenvalue weighted by Gasteiger charge is 2.33. The lowest BCUT2D eigenvalue weighted by atomic mass is 9.95. The summed E-state index contributed by atoms with van der Waals surface area (Å²) in [7, 11) is 0. The number of rotatable bonds is 3. The number of carbonyl (C=O) groups is 2. The maximum absolute atomic E-state index is 12.7. The van der Waals surface area contributed by atoms with E-state index in [1.807, 2.05) is 16.7 Å². The molecular weight excluding hydrogens is 346 g/mol. The fourth-order valence-corrected chi connectivity index (χ4v) is 4.37. The first-order valence-corrected chi connectivity index (χ1v) is 10.3. The predicted octanol–water partition coefficient (Wildman–Crippen LogP) is 2.35. The molecule has 7 nitrogen and oxygen atoms in total. The van der Waals surface area contributed by atoms with E-state index in [0.29, 0.717) is 30.6 Å². The van der Waals surface area contributed by atoms with Crippen LogP contribution in [-0.4, -0.2) is 66.0 Å². The maximum Gasteiger partial charge on any atom is 0.276 e. The van der Waals surface area contributed by atoms with E-state index in [1.165, 1.54) is 6.42 Å². The molecule has 3 fully saturated rings. The normalized spacial score (nSPS) is 24.4. The summed E-state index contributed by atoms with van der Waals surface area (Å²) >= 11 is 0. The van der Waals surface area contributed by atoms with E-state index in [1.54, 1.807) is 0 Å². The SMILES string of the molecule is Cc1oc(C2CCN(C(=O)[C@H]3CCOC3)CC2)nc1C(=O)N1CCCCC1. The molecule has 148 valence electrons. The van der Waals surface area contributed by atoms with E-state index in [9.17, 15) is 9.59 Å². The molecule has 4 rings (SSSR count). The fraction of sp³-hybridized carbons (Fsp3) is 0.750. The van der Waals surface area contributed by atoms with Crippen LogP contribution < -0.4 is 0 Å². The first-order valence-electron chi connectivity index (χ1n) is 10.3. The van der Waals surface area contributed by atoms with Crippen LogP contribution in [0.1, 0.15) is 66.6 Å². The third kappa shape index (κ3) is 3.88. The Bertz CT molecular complexity index is 681. The molecule has 3 aliphatic heterocycles. The Kier molecular flexibility index (Phi) is 5.48. The number of hydrogen-bond acceptors (Lipinski definition) is 5. The molecule has 1 aromatic heterocycles. The van der Waals surface area contributed by atoms with Crippen molar-refractivity contribution in [2.75, 3.05) is 39.4 Å². The fourth-order valence-electron chi connectivity index (χ4n) is 4.37. The Labute approximate surface area is 160 Å². The molecule has 0 spiro atoms. The number of oxazole rings is 1. The van der Waals surface area contributed by atoms with Gasteiger partial charge in [0, 0.05) is 38.7 Å². The van der Waals surface area contributed by atoms with Gasteiger partial charge in [0.05, 0.1) is 12.5 Å². The van der Waals surface area contributed by atoms with E-state index in [4.69, 9.17) is 9.15 Å². The van der Waals surface area contributed by atoms with E-state index < -0.39 is 0 Å². The van der Waals surface area contributed by atoms with Crippen molar-refractivity contribution in [1.29, 1.82) is 0 Å². The van der Waals surface area contributed by atoms with Gasteiger partial charge in [0.2, 0.25) is 5.91 Å². The molecule has 0 aliphatic carbocycles. The highest BCUT2D eigenvalue weighted by Crippen LogP contribution is 2.30. The van der Waals surface area contributed by atoms with E-state index in [2.05, 4.69) is 4.98 Å². The van der Waals surface area contributed by atoms with E-state index >= 15 is 0 Å². The van der Waals surface area contributed by atoms with E-state index in [-0.39, 0.29) is 23.7 Å². The third-order valence-electron chi connectivity index (χ3n) is 6.09. The molecule has 0 aromatic carbocycles. The number of aromatic nitrogens is 1. The van der Waals surface area contributed by atoms with Crippen molar-refractivity contribution in [3.8, 4) is 0 Å². The van der Waals surface area contributed by atoms with Crippen LogP contribution in [0.5, 0.6) is 0 Å². The number of ether oxygens (including phenoxy) is 1. The standard InChI is InChI=1S/C20H29N3O4/c1-14-17(20(25)22-8-3-2-4-9-22)21-18(27-14)15-5-10-23(11-6-15)19(24)16-7-12-26-13-16/h15-16H,2-13H2,1H3/t16-/m0/s1. The molecule has 0 unspecified atom stereocenters. The summed E-state index contributed by atoms with van der Waals surface area (Å²) in [6, 6.07) is 0. The lowest BCUT2D eigenvalue weighted by Gasteiger charge is -2.32. The summed E-state index contributed by atoms with van der Waals surface area (Å²) < 4.78 is 11.2. The lowest BCUT2D eigenvalue weighted by molar-refractivity contribution is -0.136. The van der Waals surface area contributed by atoms with Crippen molar-refractivity contribution in [2.24, 2.45) is 5.92 Å². The summed E-state index contributed by atoms with van der Waals surface area (Å²) in [6.45, 7) is 6.13. The summed E-state index contributed by atoms with van der Waals surface area (Å²) in [5.41, 5.74) is 0.466. The molecule has 0 bridgehead atoms. The molecule has 0 N–H and O–H groups in total. The number of hydrogen-bond donors (Lipinski definition) is 0. The zero-order valence-corrected chi connectivity index (χ0v) is 16.1. The highest BCUT2D eigenvalue weighted by molar-refractivity contribution is 5.93. The minimum absolute atomic E-state index is 0.00366. The van der Waals surface area contributed by atoms with Gasteiger partial charge >= 0.3 is 0 Å². The molecule has 0 saturated carbocycles. The lowest BCUT2D eigenvalue weighted by Crippen LogP contribution is -2.41. The third-order valence-corrected chi connectivity index (χ3v) is 6.09. The van der Waals surface area contributed by atoms with Gasteiger partial charge in [-0.15, -0.1) is 0 Å². The Balaban J connectivity index is 1.37. The zero-order chi connectivity index (χ0) is 18.8. The molecule has 3 saturated heterocycles. The van der Waals surface area contributed by atoms with Gasteiger partial charge in [-0.05, 0) is 45.4 Å². The molecule has 7 heteroatoms. The van der Waals surface area contributed by atoms with Crippen LogP contribution in [-0.2, 0) is 9.53 Å². The van der Waals surface area contributed by atoms with Crippen LogP contribution in [0, 0.1) is 12.8 Å². The van der Waals surface area contributed by atoms with Crippen molar-refractivity contribution < 1.29 is 18.7 Å². The number of piperidine rings is 2. The van der Waals surface area contributed by atoms with E-state index in [0.717, 1.165) is 58.3 Å². The van der Waals surface area contributed by atoms with Gasteiger partial charge in [-0.2, -0.15) is 0 Å². The van der Waals surface area contributed by atoms with Gasteiger partial charge in [-0.3, -0.25) is 9.59 Å². The average Bonchev–Trinajstić information content (AvgIpc) is 3.38. The van der Waals surface area contributed by atoms with Gasteiger partial charge < -0.3 is 19.0 Å². The highest BCUT2D eigenvalue weighted by atomic mass is 16.5. The summed E-state index contributed by atoms with van der Waals surface area (Å²) in [5.74, 6) is 1.69. The number of aryl methyl sites for hydroxylation is 1. The second kappa shape index (κ2) is 8.00. The topological polar surface area (TPSA) is 75.9 Å². The summed E-state index contributed by atoms with van der Waals surface area (Å²) in [5, 5.41) is 0. The van der Waals surface area contributed by atoms with Crippen LogP contribution in [0.2, 0.25) is 0 Å². The molecule has 1 atom stereocenters. The van der Waals surface area contributed by atoms with Gasteiger partial charge in [0.15, 0.2) is 11.6 Å². The van der Waals surface area contributed by atoms with Gasteiger partial charge in [0.1, 0.15) is 5.76 Å². The number of nitrogens with zero attached hydrogens (tertiary/aromatic N) is 3. The van der Waals surface area contributed by atoms with Crippen molar-refractivity contribution in [3.05, 3.63) is 17.3 Å². The predicted molar refractivity (Wildman–Crippen MR) is 98.5 cm³/mol. The van der Waals surface area contributed by atoms with Gasteiger partial charge in [-0.1, -0.05) is 0 Å². The second-order valence-electron chi connectivity index (χ2n) is 7.97. The second-order valence-corrected chi connectivity index (χ2v) is 7.97. The molecule has 2 amide bonds. The molecule has 0 radical (unpaired) electrons. The summed E-state index contributed by atoms with van der Waals surface area (Å²) in [6.07, 6.45) is 5.81. The van der Waals surface area contributed by atoms with Gasteiger partial charge in [0.25, 0.3) is 5.91 Å². The van der Waals surface area contributed by atoms with Crippen LogP contribution in [0.15, 0.2) is 4.42 Å². The zero-order valence-electron chi connectivity index (χ0n) is 16.1. The molecule has 1 aromatic rings. The van der Waals surface area contributed by atoms with Crippen LogP contribution in [0.3, 0.4) is 0 Å². The van der Waals surface area contributed by atoms with Crippen molar-refractivity contribution in [3.63, 3.8) is 0 Å². The Hall–Kier alpha value is -1.89. The van der Waals surface area contributed by atoms with Gasteiger partial charge in [-0.25, -0.2) is 4.98 Å². The number of likely N-dealkylation sites (tertiary alicyclic amines) is 2. The minimum atomic E-state index is -0.00366. The van der Waals surface area contributed by atoms with Crippen LogP contribution >= 0.6 is 0 Å². The average molecular weight is 375 g/mol. The number of amides is 2. The maximum atomic E-state index is 12.7. The molecular formula is C20H29N3O4. The first-order chi connectivity index (χ1) is 13.1. The molecule has 4 heterocycles. The Morgan fingerprint density at radius 2 is 1.74 bits per heavy atom. The molecule has 27 heavy (non-hydrogen) atoms. The van der Waals surface area contributed by atoms with Crippen molar-refractivity contribution in [2.45, 2.75) is 51.4 Å². The Morgan fingerprint density at radius 3 is 2.41 bits per heavy atom. The Morgan fingerprint density at radius 1 is 1.00 bits per heavy atom. The van der Waals surface area contributed by atoms with Crippen LogP contribution in [0.4, 0.5) is 0 Å². The minimum Gasteiger partial charge on any atom is -0.445 e. The van der Waals surface area contributed by atoms with Crippen molar-refractivity contribution in [1.82, 2.24) is 14.8 Å². The summed E-state index contributed by atoms with van der Waals surface area (Å²) in [4.78, 5) is 33.7. The first kappa shape index (κ1) is 18.5. The molecule has 3 aliphatic rings. The smallest absolute Gasteiger partial charge is 0.276 e. The van der Waals surface area contributed by atoms with Crippen molar-refractivity contribution >= 4 is 11.8 Å². The quantitative estimate of drug-likeness (QED) is 0.811. The monoisotopic (exact) mass is 375 g/mol. The van der Waals surface area contributed by atoms with Crippen LogP contribution in [0.25, 0.3) is 0 Å².